The molecule has 9 heteroatoms. The maximum absolute atomic E-state index is 13.8. The van der Waals surface area contributed by atoms with E-state index in [9.17, 15) is 27.2 Å². The first-order chi connectivity index (χ1) is 14.2. The number of nitrogens with zero attached hydrogens (tertiary/aromatic N) is 2. The zero-order valence-corrected chi connectivity index (χ0v) is 15.6. The third kappa shape index (κ3) is 4.95. The van der Waals surface area contributed by atoms with Crippen molar-refractivity contribution in [2.24, 2.45) is 5.92 Å². The second-order valence-corrected chi connectivity index (χ2v) is 6.90. The van der Waals surface area contributed by atoms with Crippen molar-refractivity contribution in [3.05, 3.63) is 70.5 Å². The maximum Gasteiger partial charge on any atom is 0.416 e. The van der Waals surface area contributed by atoms with E-state index in [-0.39, 0.29) is 36.5 Å². The monoisotopic (exact) mass is 420 g/mol. The zero-order chi connectivity index (χ0) is 21.9. The Bertz CT molecular complexity index is 1010. The Hall–Kier alpha value is -3.41. The van der Waals surface area contributed by atoms with Crippen LogP contribution in [0.25, 0.3) is 0 Å². The second-order valence-electron chi connectivity index (χ2n) is 6.90. The fraction of sp³-hybridized carbons (Fsp3) is 0.286. The van der Waals surface area contributed by atoms with Crippen LogP contribution in [0.4, 0.5) is 17.6 Å². The van der Waals surface area contributed by atoms with Crippen LogP contribution in [0.3, 0.4) is 0 Å². The molecule has 30 heavy (non-hydrogen) atoms. The lowest BCUT2D eigenvalue weighted by Gasteiger charge is -2.17. The van der Waals surface area contributed by atoms with Gasteiger partial charge in [0.25, 0.3) is 0 Å². The topological polar surface area (TPSA) is 70.4 Å². The molecule has 0 radical (unpaired) electrons. The number of benzene rings is 2. The Morgan fingerprint density at radius 2 is 2.00 bits per heavy atom. The van der Waals surface area contributed by atoms with E-state index in [1.165, 1.54) is 29.2 Å². The van der Waals surface area contributed by atoms with Gasteiger partial charge in [-0.3, -0.25) is 9.59 Å². The Morgan fingerprint density at radius 1 is 1.23 bits per heavy atom. The van der Waals surface area contributed by atoms with Gasteiger partial charge < -0.3 is 9.64 Å². The Balaban J connectivity index is 1.60. The summed E-state index contributed by atoms with van der Waals surface area (Å²) in [4.78, 5) is 25.8. The highest BCUT2D eigenvalue weighted by molar-refractivity contribution is 5.86. The van der Waals surface area contributed by atoms with E-state index >= 15 is 0 Å². The maximum atomic E-state index is 13.8. The number of halogens is 4. The van der Waals surface area contributed by atoms with Crippen LogP contribution in [-0.2, 0) is 33.7 Å². The molecule has 1 aliphatic rings. The summed E-state index contributed by atoms with van der Waals surface area (Å²) in [6, 6.07) is 10.1. The summed E-state index contributed by atoms with van der Waals surface area (Å²) in [5.41, 5.74) is -0.273. The smallest absolute Gasteiger partial charge is 0.416 e. The van der Waals surface area contributed by atoms with Crippen molar-refractivity contribution in [2.45, 2.75) is 25.7 Å². The van der Waals surface area contributed by atoms with Crippen LogP contribution in [0.1, 0.15) is 28.7 Å². The first-order valence-electron chi connectivity index (χ1n) is 8.96. The molecule has 0 aliphatic carbocycles. The fourth-order valence-electron chi connectivity index (χ4n) is 3.17. The molecule has 1 atom stereocenters. The summed E-state index contributed by atoms with van der Waals surface area (Å²) in [7, 11) is 0. The van der Waals surface area contributed by atoms with E-state index in [4.69, 9.17) is 10.00 Å². The zero-order valence-electron chi connectivity index (χ0n) is 15.6. The molecule has 1 fully saturated rings. The van der Waals surface area contributed by atoms with Crippen LogP contribution >= 0.6 is 0 Å². The van der Waals surface area contributed by atoms with Crippen molar-refractivity contribution in [1.82, 2.24) is 4.90 Å². The van der Waals surface area contributed by atoms with Crippen molar-refractivity contribution in [3.8, 4) is 6.07 Å². The summed E-state index contributed by atoms with van der Waals surface area (Å²) in [6.45, 7) is -0.460. The number of carbonyl (C=O) groups excluding carboxylic acids is 2. The van der Waals surface area contributed by atoms with Crippen molar-refractivity contribution in [3.63, 3.8) is 0 Å². The normalized spacial score (nSPS) is 16.4. The molecule has 3 rings (SSSR count). The number of ether oxygens (including phenoxy) is 1. The Kier molecular flexibility index (Phi) is 6.06. The number of carbonyl (C=O) groups is 2. The van der Waals surface area contributed by atoms with Gasteiger partial charge in [-0.15, -0.1) is 0 Å². The molecule has 1 heterocycles. The van der Waals surface area contributed by atoms with Gasteiger partial charge in [0.2, 0.25) is 5.91 Å². The van der Waals surface area contributed by atoms with E-state index < -0.39 is 36.1 Å². The molecule has 1 amide bonds. The number of rotatable bonds is 5. The van der Waals surface area contributed by atoms with Gasteiger partial charge in [-0.05, 0) is 35.9 Å². The molecule has 2 aromatic rings. The summed E-state index contributed by atoms with van der Waals surface area (Å²) in [6.07, 6.45) is -4.63. The second kappa shape index (κ2) is 8.53. The van der Waals surface area contributed by atoms with Crippen LogP contribution in [0, 0.1) is 23.1 Å². The quantitative estimate of drug-likeness (QED) is 0.545. The minimum atomic E-state index is -4.49. The summed E-state index contributed by atoms with van der Waals surface area (Å²) in [5.74, 6) is -2.52. The molecule has 156 valence electrons. The average molecular weight is 420 g/mol. The van der Waals surface area contributed by atoms with E-state index in [0.717, 1.165) is 18.2 Å². The molecule has 2 aromatic carbocycles. The van der Waals surface area contributed by atoms with Gasteiger partial charge in [0.15, 0.2) is 0 Å². The number of hydrogen-bond donors (Lipinski definition) is 0. The molecule has 1 aliphatic heterocycles. The number of amides is 1. The largest absolute Gasteiger partial charge is 0.460 e. The SMILES string of the molecule is N#Cc1ccc(F)c(COC(=O)C2CC(=O)N(Cc3cccc(C(F)(F)F)c3)C2)c1. The molecular formula is C21H16F4N2O3. The predicted molar refractivity (Wildman–Crippen MR) is 95.9 cm³/mol. The highest BCUT2D eigenvalue weighted by Crippen LogP contribution is 2.30. The van der Waals surface area contributed by atoms with Gasteiger partial charge in [-0.2, -0.15) is 18.4 Å². The van der Waals surface area contributed by atoms with Crippen LogP contribution in [-0.4, -0.2) is 23.3 Å². The van der Waals surface area contributed by atoms with Crippen LogP contribution in [0.2, 0.25) is 0 Å². The molecule has 1 saturated heterocycles. The van der Waals surface area contributed by atoms with Gasteiger partial charge in [0.1, 0.15) is 12.4 Å². The number of esters is 1. The highest BCUT2D eigenvalue weighted by Gasteiger charge is 2.36. The summed E-state index contributed by atoms with van der Waals surface area (Å²) >= 11 is 0. The third-order valence-electron chi connectivity index (χ3n) is 4.72. The van der Waals surface area contributed by atoms with E-state index in [0.29, 0.717) is 5.56 Å². The highest BCUT2D eigenvalue weighted by atomic mass is 19.4. The lowest BCUT2D eigenvalue weighted by molar-refractivity contribution is -0.149. The molecular weight excluding hydrogens is 404 g/mol. The Labute approximate surface area is 169 Å². The molecule has 0 saturated carbocycles. The van der Waals surface area contributed by atoms with Crippen molar-refractivity contribution < 1.29 is 31.9 Å². The van der Waals surface area contributed by atoms with Gasteiger partial charge in [0.05, 0.1) is 23.1 Å². The van der Waals surface area contributed by atoms with Gasteiger partial charge in [-0.25, -0.2) is 4.39 Å². The summed E-state index contributed by atoms with van der Waals surface area (Å²) < 4.78 is 57.4. The van der Waals surface area contributed by atoms with Crippen LogP contribution < -0.4 is 0 Å². The minimum Gasteiger partial charge on any atom is -0.460 e. The van der Waals surface area contributed by atoms with Crippen molar-refractivity contribution >= 4 is 11.9 Å². The Morgan fingerprint density at radius 3 is 2.70 bits per heavy atom. The van der Waals surface area contributed by atoms with Crippen molar-refractivity contribution in [2.75, 3.05) is 6.54 Å². The van der Waals surface area contributed by atoms with Crippen LogP contribution in [0.5, 0.6) is 0 Å². The summed E-state index contributed by atoms with van der Waals surface area (Å²) in [5, 5.41) is 8.86. The minimum absolute atomic E-state index is 0.00533. The first kappa shape index (κ1) is 21.3. The van der Waals surface area contributed by atoms with Gasteiger partial charge in [0, 0.05) is 25.1 Å². The average Bonchev–Trinajstić information content (AvgIpc) is 3.07. The van der Waals surface area contributed by atoms with E-state index in [2.05, 4.69) is 0 Å². The standard InChI is InChI=1S/C21H16F4N2O3/c22-18-5-4-13(9-26)6-16(18)12-30-20(29)15-8-19(28)27(11-15)10-14-2-1-3-17(7-14)21(23,24)25/h1-7,15H,8,10-12H2. The molecule has 1 unspecified atom stereocenters. The predicted octanol–water partition coefficient (Wildman–Crippen LogP) is 3.81. The third-order valence-corrected chi connectivity index (χ3v) is 4.72. The number of likely N-dealkylation sites (tertiary alicyclic amines) is 1. The first-order valence-corrected chi connectivity index (χ1v) is 8.96. The lowest BCUT2D eigenvalue weighted by Crippen LogP contribution is -2.26. The van der Waals surface area contributed by atoms with Crippen molar-refractivity contribution in [1.29, 1.82) is 5.26 Å². The van der Waals surface area contributed by atoms with E-state index in [1.54, 1.807) is 0 Å². The molecule has 0 N–H and O–H groups in total. The molecule has 0 spiro atoms. The molecule has 0 aromatic heterocycles. The number of alkyl halides is 3. The number of nitriles is 1. The molecule has 0 bridgehead atoms. The van der Waals surface area contributed by atoms with E-state index in [1.807, 2.05) is 6.07 Å². The van der Waals surface area contributed by atoms with Gasteiger partial charge in [-0.1, -0.05) is 12.1 Å². The number of hydrogen-bond acceptors (Lipinski definition) is 4. The fourth-order valence-corrected chi connectivity index (χ4v) is 3.17. The molecule has 5 nitrogen and oxygen atoms in total. The lowest BCUT2D eigenvalue weighted by atomic mass is 10.1. The van der Waals surface area contributed by atoms with Crippen LogP contribution in [0.15, 0.2) is 42.5 Å². The van der Waals surface area contributed by atoms with Gasteiger partial charge >= 0.3 is 12.1 Å².